The second-order valence-electron chi connectivity index (χ2n) is 6.08. The lowest BCUT2D eigenvalue weighted by atomic mass is 10.2. The zero-order chi connectivity index (χ0) is 20.3. The third-order valence-electron chi connectivity index (χ3n) is 4.24. The molecular weight excluding hydrogens is 430 g/mol. The Morgan fingerprint density at radius 3 is 2.50 bits per heavy atom. The minimum Gasteiger partial charge on any atom is -0.321 e. The average Bonchev–Trinajstić information content (AvgIpc) is 3.18. The molecule has 2 aromatic rings. The topological polar surface area (TPSA) is 66.5 Å². The molecule has 1 aliphatic rings. The summed E-state index contributed by atoms with van der Waals surface area (Å²) in [5, 5.41) is 2.60. The molecule has 0 aromatic heterocycles. The number of carbonyl (C=O) groups is 1. The predicted octanol–water partition coefficient (Wildman–Crippen LogP) is 4.69. The van der Waals surface area contributed by atoms with E-state index in [-0.39, 0.29) is 26.1 Å². The van der Waals surface area contributed by atoms with Gasteiger partial charge in [0, 0.05) is 18.0 Å². The van der Waals surface area contributed by atoms with E-state index >= 15 is 0 Å². The first-order chi connectivity index (χ1) is 13.3. The summed E-state index contributed by atoms with van der Waals surface area (Å²) < 4.78 is 52.2. The van der Waals surface area contributed by atoms with Gasteiger partial charge in [0.25, 0.3) is 11.7 Å². The van der Waals surface area contributed by atoms with Gasteiger partial charge in [0.2, 0.25) is 10.0 Å². The molecule has 1 heterocycles. The van der Waals surface area contributed by atoms with Gasteiger partial charge < -0.3 is 5.32 Å². The van der Waals surface area contributed by atoms with Crippen molar-refractivity contribution < 1.29 is 22.0 Å². The van der Waals surface area contributed by atoms with E-state index < -0.39 is 21.7 Å². The van der Waals surface area contributed by atoms with E-state index in [1.165, 1.54) is 34.6 Å². The fraction of sp³-hybridized carbons (Fsp3) is 0.278. The van der Waals surface area contributed by atoms with Crippen molar-refractivity contribution in [2.45, 2.75) is 28.4 Å². The Bertz CT molecular complexity index is 981. The number of halogens is 3. The molecular formula is C18H17ClF2N2O3S2. The van der Waals surface area contributed by atoms with Gasteiger partial charge in [-0.25, -0.2) is 8.42 Å². The summed E-state index contributed by atoms with van der Waals surface area (Å²) in [6.07, 6.45) is 1.58. The average molecular weight is 447 g/mol. The van der Waals surface area contributed by atoms with Gasteiger partial charge in [-0.15, -0.1) is 0 Å². The second-order valence-corrected chi connectivity index (χ2v) is 9.46. The Hall–Kier alpha value is -1.68. The first kappa shape index (κ1) is 21.0. The summed E-state index contributed by atoms with van der Waals surface area (Å²) in [6, 6.07) is 10.0. The van der Waals surface area contributed by atoms with E-state index in [2.05, 4.69) is 5.32 Å². The number of thioether (sulfide) groups is 1. The van der Waals surface area contributed by atoms with Gasteiger partial charge in [0.15, 0.2) is 0 Å². The number of nitrogens with one attached hydrogen (secondary N) is 1. The van der Waals surface area contributed by atoms with E-state index in [9.17, 15) is 22.0 Å². The van der Waals surface area contributed by atoms with Crippen LogP contribution in [0.25, 0.3) is 0 Å². The highest BCUT2D eigenvalue weighted by molar-refractivity contribution is 7.99. The molecule has 0 spiro atoms. The molecule has 0 atom stereocenters. The summed E-state index contributed by atoms with van der Waals surface area (Å²) in [5.74, 6) is -3.32. The van der Waals surface area contributed by atoms with Gasteiger partial charge in [0.05, 0.1) is 21.2 Å². The van der Waals surface area contributed by atoms with Crippen LogP contribution in [0.3, 0.4) is 0 Å². The van der Waals surface area contributed by atoms with Crippen LogP contribution in [0.1, 0.15) is 23.2 Å². The normalized spacial score (nSPS) is 15.1. The monoisotopic (exact) mass is 446 g/mol. The Labute approximate surface area is 171 Å². The van der Waals surface area contributed by atoms with Gasteiger partial charge in [-0.1, -0.05) is 35.5 Å². The highest BCUT2D eigenvalue weighted by atomic mass is 35.5. The molecule has 0 aliphatic carbocycles. The largest absolute Gasteiger partial charge is 0.321 e. The summed E-state index contributed by atoms with van der Waals surface area (Å²) in [6.45, 7) is 0.870. The van der Waals surface area contributed by atoms with Crippen LogP contribution in [0.4, 0.5) is 14.5 Å². The third kappa shape index (κ3) is 4.65. The Balaban J connectivity index is 1.89. The van der Waals surface area contributed by atoms with Crippen molar-refractivity contribution in [3.8, 4) is 0 Å². The number of nitrogens with zero attached hydrogens (tertiary/aromatic N) is 1. The first-order valence-electron chi connectivity index (χ1n) is 8.44. The summed E-state index contributed by atoms with van der Waals surface area (Å²) in [7, 11) is -3.72. The lowest BCUT2D eigenvalue weighted by Crippen LogP contribution is -2.28. The molecule has 1 aliphatic heterocycles. The van der Waals surface area contributed by atoms with Gasteiger partial charge in [-0.3, -0.25) is 4.79 Å². The predicted molar refractivity (Wildman–Crippen MR) is 106 cm³/mol. The van der Waals surface area contributed by atoms with Crippen LogP contribution in [0.2, 0.25) is 5.02 Å². The van der Waals surface area contributed by atoms with Crippen molar-refractivity contribution in [3.63, 3.8) is 0 Å². The van der Waals surface area contributed by atoms with Gasteiger partial charge >= 0.3 is 0 Å². The van der Waals surface area contributed by atoms with Crippen LogP contribution in [0.15, 0.2) is 52.3 Å². The second kappa shape index (κ2) is 8.77. The van der Waals surface area contributed by atoms with Crippen LogP contribution in [-0.2, 0) is 10.0 Å². The van der Waals surface area contributed by atoms with Gasteiger partial charge in [0.1, 0.15) is 0 Å². The Morgan fingerprint density at radius 2 is 1.82 bits per heavy atom. The molecule has 150 valence electrons. The van der Waals surface area contributed by atoms with Crippen molar-refractivity contribution in [2.24, 2.45) is 0 Å². The van der Waals surface area contributed by atoms with Crippen molar-refractivity contribution >= 4 is 45.0 Å². The lowest BCUT2D eigenvalue weighted by Gasteiger charge is -2.17. The Morgan fingerprint density at radius 1 is 1.14 bits per heavy atom. The first-order valence-corrected chi connectivity index (χ1v) is 11.1. The summed E-state index contributed by atoms with van der Waals surface area (Å²) in [5.41, 5.74) is 0.153. The quantitative estimate of drug-likeness (QED) is 0.653. The number of sulfonamides is 1. The number of rotatable bonds is 6. The van der Waals surface area contributed by atoms with E-state index in [1.54, 1.807) is 12.1 Å². The van der Waals surface area contributed by atoms with Crippen LogP contribution < -0.4 is 5.32 Å². The molecule has 2 aromatic carbocycles. The number of para-hydroxylation sites is 1. The van der Waals surface area contributed by atoms with Crippen LogP contribution in [-0.4, -0.2) is 37.5 Å². The zero-order valence-corrected chi connectivity index (χ0v) is 17.0. The molecule has 0 saturated carbocycles. The van der Waals surface area contributed by atoms with Gasteiger partial charge in [-0.05, 0) is 43.2 Å². The molecule has 1 amide bonds. The molecule has 5 nitrogen and oxygen atoms in total. The van der Waals surface area contributed by atoms with Crippen molar-refractivity contribution in [1.29, 1.82) is 0 Å². The van der Waals surface area contributed by atoms with E-state index in [4.69, 9.17) is 11.6 Å². The molecule has 3 rings (SSSR count). The number of hydrogen-bond acceptors (Lipinski definition) is 4. The van der Waals surface area contributed by atoms with Crippen LogP contribution >= 0.6 is 23.4 Å². The number of carbonyl (C=O) groups excluding carboxylic acids is 1. The molecule has 28 heavy (non-hydrogen) atoms. The number of hydrogen-bond donors (Lipinski definition) is 1. The molecule has 0 unspecified atom stereocenters. The summed E-state index contributed by atoms with van der Waals surface area (Å²) in [4.78, 5) is 12.8. The number of benzene rings is 2. The lowest BCUT2D eigenvalue weighted by molar-refractivity contribution is 0.102. The standard InChI is InChI=1S/C18H17ClF2N2O3S2/c19-14-8-7-12(28(25,26)23-9-3-4-10-23)11-13(14)17(24)22-15-5-1-2-6-16(15)27-18(20)21/h1-2,5-8,11,18H,3-4,9-10H2,(H,22,24). The number of amides is 1. The molecule has 0 radical (unpaired) electrons. The molecule has 0 bridgehead atoms. The minimum atomic E-state index is -3.72. The maximum absolute atomic E-state index is 12.7. The fourth-order valence-electron chi connectivity index (χ4n) is 2.87. The van der Waals surface area contributed by atoms with E-state index in [0.29, 0.717) is 24.9 Å². The smallest absolute Gasteiger partial charge is 0.288 e. The third-order valence-corrected chi connectivity index (χ3v) is 7.25. The van der Waals surface area contributed by atoms with Crippen LogP contribution in [0.5, 0.6) is 0 Å². The highest BCUT2D eigenvalue weighted by Crippen LogP contribution is 2.32. The van der Waals surface area contributed by atoms with Crippen molar-refractivity contribution in [3.05, 3.63) is 53.1 Å². The van der Waals surface area contributed by atoms with Crippen molar-refractivity contribution in [1.82, 2.24) is 4.31 Å². The highest BCUT2D eigenvalue weighted by Gasteiger charge is 2.28. The zero-order valence-electron chi connectivity index (χ0n) is 14.6. The molecule has 1 saturated heterocycles. The van der Waals surface area contributed by atoms with E-state index in [0.717, 1.165) is 12.8 Å². The Kier molecular flexibility index (Phi) is 6.59. The fourth-order valence-corrected chi connectivity index (χ4v) is 5.22. The number of alkyl halides is 2. The van der Waals surface area contributed by atoms with Crippen LogP contribution in [0, 0.1) is 0 Å². The van der Waals surface area contributed by atoms with Gasteiger partial charge in [-0.2, -0.15) is 13.1 Å². The minimum absolute atomic E-state index is 0.0285. The summed E-state index contributed by atoms with van der Waals surface area (Å²) >= 11 is 6.40. The van der Waals surface area contributed by atoms with Crippen molar-refractivity contribution in [2.75, 3.05) is 18.4 Å². The molecule has 10 heteroatoms. The maximum Gasteiger partial charge on any atom is 0.288 e. The molecule has 1 N–H and O–H groups in total. The van der Waals surface area contributed by atoms with E-state index in [1.807, 2.05) is 0 Å². The SMILES string of the molecule is O=C(Nc1ccccc1SC(F)F)c1cc(S(=O)(=O)N2CCCC2)ccc1Cl. The maximum atomic E-state index is 12.7. The number of anilines is 1. The molecule has 1 fully saturated rings.